The zero-order valence-electron chi connectivity index (χ0n) is 10.8. The number of carbonyl (C=O) groups excluding carboxylic acids is 1. The SMILES string of the molecule is CC1CC(=O)NN=C1c1ccc(Nc2nccs2)nc1. The van der Waals surface area contributed by atoms with Gasteiger partial charge in [-0.2, -0.15) is 5.10 Å². The molecule has 2 aromatic heterocycles. The van der Waals surface area contributed by atoms with E-state index in [4.69, 9.17) is 0 Å². The smallest absolute Gasteiger partial charge is 0.240 e. The van der Waals surface area contributed by atoms with Crippen molar-refractivity contribution in [2.75, 3.05) is 5.32 Å². The Morgan fingerprint density at radius 3 is 2.95 bits per heavy atom. The first-order valence-corrected chi connectivity index (χ1v) is 7.09. The van der Waals surface area contributed by atoms with E-state index in [9.17, 15) is 4.79 Å². The number of aromatic nitrogens is 2. The molecule has 2 N–H and O–H groups in total. The topological polar surface area (TPSA) is 79.3 Å². The summed E-state index contributed by atoms with van der Waals surface area (Å²) in [5.41, 5.74) is 4.29. The molecule has 102 valence electrons. The monoisotopic (exact) mass is 287 g/mol. The Kier molecular flexibility index (Phi) is 3.42. The van der Waals surface area contributed by atoms with Gasteiger partial charge in [0, 0.05) is 35.7 Å². The predicted molar refractivity (Wildman–Crippen MR) is 78.1 cm³/mol. The molecule has 6 nitrogen and oxygen atoms in total. The minimum Gasteiger partial charge on any atom is -0.316 e. The molecule has 0 spiro atoms. The number of hydrazone groups is 1. The summed E-state index contributed by atoms with van der Waals surface area (Å²) < 4.78 is 0. The average Bonchev–Trinajstić information content (AvgIpc) is 2.93. The maximum Gasteiger partial charge on any atom is 0.240 e. The van der Waals surface area contributed by atoms with Crippen LogP contribution in [0.15, 0.2) is 35.0 Å². The van der Waals surface area contributed by atoms with E-state index >= 15 is 0 Å². The van der Waals surface area contributed by atoms with Gasteiger partial charge in [0.05, 0.1) is 5.71 Å². The van der Waals surface area contributed by atoms with E-state index in [-0.39, 0.29) is 11.8 Å². The van der Waals surface area contributed by atoms with Gasteiger partial charge in [0.1, 0.15) is 5.82 Å². The number of nitrogens with zero attached hydrogens (tertiary/aromatic N) is 3. The largest absolute Gasteiger partial charge is 0.316 e. The van der Waals surface area contributed by atoms with Crippen molar-refractivity contribution < 1.29 is 4.79 Å². The molecule has 0 fully saturated rings. The van der Waals surface area contributed by atoms with Gasteiger partial charge < -0.3 is 5.32 Å². The summed E-state index contributed by atoms with van der Waals surface area (Å²) in [6.07, 6.45) is 3.95. The fourth-order valence-electron chi connectivity index (χ4n) is 2.02. The molecule has 1 unspecified atom stereocenters. The van der Waals surface area contributed by atoms with Gasteiger partial charge in [-0.1, -0.05) is 6.92 Å². The number of anilines is 2. The summed E-state index contributed by atoms with van der Waals surface area (Å²) in [6.45, 7) is 1.99. The van der Waals surface area contributed by atoms with E-state index in [0.29, 0.717) is 6.42 Å². The van der Waals surface area contributed by atoms with Crippen LogP contribution < -0.4 is 10.7 Å². The molecule has 0 saturated heterocycles. The minimum absolute atomic E-state index is 0.0451. The lowest BCUT2D eigenvalue weighted by Gasteiger charge is -2.18. The summed E-state index contributed by atoms with van der Waals surface area (Å²) in [5.74, 6) is 0.788. The lowest BCUT2D eigenvalue weighted by Crippen LogP contribution is -2.32. The van der Waals surface area contributed by atoms with Crippen LogP contribution in [0.25, 0.3) is 0 Å². The van der Waals surface area contributed by atoms with E-state index in [1.165, 1.54) is 11.3 Å². The standard InChI is InChI=1S/C13H13N5OS/c1-8-6-11(19)17-18-12(8)9-2-3-10(15-7-9)16-13-14-4-5-20-13/h2-5,7-8H,6H2,1H3,(H,17,19)(H,14,15,16). The number of amides is 1. The summed E-state index contributed by atoms with van der Waals surface area (Å²) in [5, 5.41) is 9.94. The Morgan fingerprint density at radius 2 is 2.30 bits per heavy atom. The molecular weight excluding hydrogens is 274 g/mol. The van der Waals surface area contributed by atoms with Gasteiger partial charge in [-0.3, -0.25) is 4.79 Å². The number of hydrogen-bond acceptors (Lipinski definition) is 6. The Morgan fingerprint density at radius 1 is 1.40 bits per heavy atom. The summed E-state index contributed by atoms with van der Waals surface area (Å²) in [4.78, 5) is 19.7. The Labute approximate surface area is 120 Å². The maximum absolute atomic E-state index is 11.2. The highest BCUT2D eigenvalue weighted by Gasteiger charge is 2.21. The highest BCUT2D eigenvalue weighted by atomic mass is 32.1. The van der Waals surface area contributed by atoms with Crippen molar-refractivity contribution in [3.8, 4) is 0 Å². The third-order valence-electron chi connectivity index (χ3n) is 2.99. The van der Waals surface area contributed by atoms with Gasteiger partial charge in [-0.25, -0.2) is 15.4 Å². The van der Waals surface area contributed by atoms with Gasteiger partial charge in [-0.15, -0.1) is 11.3 Å². The van der Waals surface area contributed by atoms with Crippen molar-refractivity contribution in [3.05, 3.63) is 35.5 Å². The molecule has 7 heteroatoms. The first-order valence-electron chi connectivity index (χ1n) is 6.22. The maximum atomic E-state index is 11.2. The molecule has 20 heavy (non-hydrogen) atoms. The number of nitrogens with one attached hydrogen (secondary N) is 2. The molecule has 1 aliphatic rings. The molecule has 0 saturated carbocycles. The van der Waals surface area contributed by atoms with Gasteiger partial charge in [0.2, 0.25) is 5.91 Å². The molecular formula is C13H13N5OS. The molecule has 0 radical (unpaired) electrons. The third-order valence-corrected chi connectivity index (χ3v) is 3.67. The summed E-state index contributed by atoms with van der Waals surface area (Å²) in [7, 11) is 0. The average molecular weight is 287 g/mol. The number of hydrogen-bond donors (Lipinski definition) is 2. The van der Waals surface area contributed by atoms with Crippen molar-refractivity contribution >= 4 is 33.9 Å². The molecule has 0 aromatic carbocycles. The molecule has 1 aliphatic heterocycles. The van der Waals surface area contributed by atoms with Gasteiger partial charge in [0.15, 0.2) is 5.13 Å². The van der Waals surface area contributed by atoms with Gasteiger partial charge in [-0.05, 0) is 12.1 Å². The van der Waals surface area contributed by atoms with Crippen molar-refractivity contribution in [3.63, 3.8) is 0 Å². The molecule has 1 atom stereocenters. The molecule has 1 amide bonds. The first-order chi connectivity index (χ1) is 9.72. The minimum atomic E-state index is -0.0451. The lowest BCUT2D eigenvalue weighted by molar-refractivity contribution is -0.121. The van der Waals surface area contributed by atoms with Crippen molar-refractivity contribution in [2.24, 2.45) is 11.0 Å². The lowest BCUT2D eigenvalue weighted by atomic mass is 9.95. The number of thiazole rings is 1. The zero-order chi connectivity index (χ0) is 13.9. The van der Waals surface area contributed by atoms with Gasteiger partial charge in [0.25, 0.3) is 0 Å². The van der Waals surface area contributed by atoms with E-state index < -0.39 is 0 Å². The second-order valence-corrected chi connectivity index (χ2v) is 5.43. The van der Waals surface area contributed by atoms with Crippen LogP contribution in [0, 0.1) is 5.92 Å². The van der Waals surface area contributed by atoms with Gasteiger partial charge >= 0.3 is 0 Å². The highest BCUT2D eigenvalue weighted by Crippen LogP contribution is 2.19. The van der Waals surface area contributed by atoms with Crippen LogP contribution >= 0.6 is 11.3 Å². The quantitative estimate of drug-likeness (QED) is 0.906. The molecule has 0 aliphatic carbocycles. The number of carbonyl (C=O) groups is 1. The predicted octanol–water partition coefficient (Wildman–Crippen LogP) is 2.14. The fraction of sp³-hybridized carbons (Fsp3) is 0.231. The van der Waals surface area contributed by atoms with E-state index in [0.717, 1.165) is 22.2 Å². The molecule has 0 bridgehead atoms. The second kappa shape index (κ2) is 5.38. The molecule has 3 rings (SSSR count). The van der Waals surface area contributed by atoms with Crippen molar-refractivity contribution in [2.45, 2.75) is 13.3 Å². The Hall–Kier alpha value is -2.28. The normalized spacial score (nSPS) is 18.4. The summed E-state index contributed by atoms with van der Waals surface area (Å²) >= 11 is 1.52. The van der Waals surface area contributed by atoms with Crippen molar-refractivity contribution in [1.82, 2.24) is 15.4 Å². The second-order valence-electron chi connectivity index (χ2n) is 4.53. The zero-order valence-corrected chi connectivity index (χ0v) is 11.6. The van der Waals surface area contributed by atoms with Crippen molar-refractivity contribution in [1.29, 1.82) is 0 Å². The van der Waals surface area contributed by atoms with Crippen LogP contribution in [0.2, 0.25) is 0 Å². The van der Waals surface area contributed by atoms with Crippen LogP contribution in [0.4, 0.5) is 10.9 Å². The van der Waals surface area contributed by atoms with Crippen LogP contribution in [0.5, 0.6) is 0 Å². The Bertz CT molecular complexity index is 635. The van der Waals surface area contributed by atoms with Crippen LogP contribution in [-0.2, 0) is 4.79 Å². The van der Waals surface area contributed by atoms with Crippen LogP contribution in [0.3, 0.4) is 0 Å². The molecule has 3 heterocycles. The van der Waals surface area contributed by atoms with Crippen LogP contribution in [-0.4, -0.2) is 21.6 Å². The molecule has 2 aromatic rings. The fourth-order valence-corrected chi connectivity index (χ4v) is 2.55. The van der Waals surface area contributed by atoms with E-state index in [1.54, 1.807) is 12.4 Å². The van der Waals surface area contributed by atoms with E-state index in [2.05, 4.69) is 25.8 Å². The highest BCUT2D eigenvalue weighted by molar-refractivity contribution is 7.13. The Balaban J connectivity index is 1.77. The van der Waals surface area contributed by atoms with Crippen LogP contribution in [0.1, 0.15) is 18.9 Å². The van der Waals surface area contributed by atoms with E-state index in [1.807, 2.05) is 24.4 Å². The summed E-state index contributed by atoms with van der Waals surface area (Å²) in [6, 6.07) is 3.82. The number of pyridine rings is 1. The first kappa shape index (κ1) is 12.7. The third kappa shape index (κ3) is 2.67. The number of rotatable bonds is 3.